The second-order valence-corrected chi connectivity index (χ2v) is 4.61. The van der Waals surface area contributed by atoms with E-state index in [0.29, 0.717) is 17.5 Å². The van der Waals surface area contributed by atoms with Crippen molar-refractivity contribution in [3.8, 4) is 11.7 Å². The van der Waals surface area contributed by atoms with E-state index in [-0.39, 0.29) is 6.04 Å². The Bertz CT molecular complexity index is 714. The van der Waals surface area contributed by atoms with E-state index in [1.165, 1.54) is 5.56 Å². The molecule has 98 valence electrons. The summed E-state index contributed by atoms with van der Waals surface area (Å²) in [7, 11) is 1.85. The van der Waals surface area contributed by atoms with Crippen LogP contribution in [0, 0.1) is 6.92 Å². The lowest BCUT2D eigenvalue weighted by Gasteiger charge is -2.01. The van der Waals surface area contributed by atoms with Crippen LogP contribution in [0.4, 0.5) is 0 Å². The average molecular weight is 257 g/mol. The first kappa shape index (κ1) is 11.9. The minimum Gasteiger partial charge on any atom is -0.451 e. The first-order chi connectivity index (χ1) is 9.17. The standard InChI is InChI=1S/C14H15N3O2/c1-8-4-5-11-10(6-8)7-12(18-11)14-17-16-13(19-14)9(2)15-3/h4-7,9,15H,1-3H3. The van der Waals surface area contributed by atoms with Crippen LogP contribution >= 0.6 is 0 Å². The number of benzene rings is 1. The third-order valence-corrected chi connectivity index (χ3v) is 3.13. The fraction of sp³-hybridized carbons (Fsp3) is 0.286. The van der Waals surface area contributed by atoms with Crippen LogP contribution in [0.25, 0.3) is 22.6 Å². The van der Waals surface area contributed by atoms with Crippen molar-refractivity contribution in [1.82, 2.24) is 15.5 Å². The lowest BCUT2D eigenvalue weighted by Crippen LogP contribution is -2.12. The second-order valence-electron chi connectivity index (χ2n) is 4.61. The summed E-state index contributed by atoms with van der Waals surface area (Å²) in [5.41, 5.74) is 2.01. The van der Waals surface area contributed by atoms with Crippen molar-refractivity contribution < 1.29 is 8.83 Å². The van der Waals surface area contributed by atoms with Gasteiger partial charge >= 0.3 is 0 Å². The molecule has 0 aliphatic carbocycles. The third kappa shape index (κ3) is 2.13. The van der Waals surface area contributed by atoms with Gasteiger partial charge in [-0.15, -0.1) is 10.2 Å². The smallest absolute Gasteiger partial charge is 0.283 e. The van der Waals surface area contributed by atoms with Gasteiger partial charge in [0.15, 0.2) is 5.76 Å². The predicted octanol–water partition coefficient (Wildman–Crippen LogP) is 3.07. The SMILES string of the molecule is CNC(C)c1nnc(-c2cc3cc(C)ccc3o2)o1. The maximum absolute atomic E-state index is 5.72. The number of rotatable bonds is 3. The molecule has 3 rings (SSSR count). The molecule has 0 aliphatic heterocycles. The van der Waals surface area contributed by atoms with Crippen LogP contribution in [-0.4, -0.2) is 17.2 Å². The Morgan fingerprint density at radius 3 is 2.79 bits per heavy atom. The molecule has 0 saturated carbocycles. The van der Waals surface area contributed by atoms with Crippen molar-refractivity contribution in [2.45, 2.75) is 19.9 Å². The lowest BCUT2D eigenvalue weighted by molar-refractivity contribution is 0.433. The molecule has 1 atom stereocenters. The van der Waals surface area contributed by atoms with Crippen molar-refractivity contribution in [2.75, 3.05) is 7.05 Å². The highest BCUT2D eigenvalue weighted by Crippen LogP contribution is 2.28. The van der Waals surface area contributed by atoms with E-state index >= 15 is 0 Å². The maximum atomic E-state index is 5.72. The van der Waals surface area contributed by atoms with E-state index in [1.54, 1.807) is 0 Å². The van der Waals surface area contributed by atoms with Gasteiger partial charge in [-0.1, -0.05) is 11.6 Å². The lowest BCUT2D eigenvalue weighted by atomic mass is 10.2. The number of hydrogen-bond donors (Lipinski definition) is 1. The Morgan fingerprint density at radius 1 is 1.16 bits per heavy atom. The maximum Gasteiger partial charge on any atom is 0.283 e. The second kappa shape index (κ2) is 4.51. The molecule has 0 bridgehead atoms. The Hall–Kier alpha value is -2.14. The quantitative estimate of drug-likeness (QED) is 0.781. The van der Waals surface area contributed by atoms with Crippen molar-refractivity contribution in [3.63, 3.8) is 0 Å². The first-order valence-corrected chi connectivity index (χ1v) is 6.18. The molecule has 2 heterocycles. The van der Waals surface area contributed by atoms with Crippen LogP contribution in [0.2, 0.25) is 0 Å². The van der Waals surface area contributed by atoms with Gasteiger partial charge in [-0.25, -0.2) is 0 Å². The van der Waals surface area contributed by atoms with Gasteiger partial charge in [0.2, 0.25) is 5.89 Å². The first-order valence-electron chi connectivity index (χ1n) is 6.18. The summed E-state index contributed by atoms with van der Waals surface area (Å²) in [5.74, 6) is 1.56. The number of hydrogen-bond acceptors (Lipinski definition) is 5. The molecule has 0 aliphatic rings. The molecule has 5 nitrogen and oxygen atoms in total. The third-order valence-electron chi connectivity index (χ3n) is 3.13. The molecule has 0 radical (unpaired) electrons. The molecule has 19 heavy (non-hydrogen) atoms. The summed E-state index contributed by atoms with van der Waals surface area (Å²) in [5, 5.41) is 12.1. The van der Waals surface area contributed by atoms with E-state index in [9.17, 15) is 0 Å². The minimum atomic E-state index is 0.0212. The van der Waals surface area contributed by atoms with E-state index in [1.807, 2.05) is 39.1 Å². The van der Waals surface area contributed by atoms with E-state index < -0.39 is 0 Å². The Kier molecular flexibility index (Phi) is 2.83. The Labute approximate surface area is 110 Å². The summed E-state index contributed by atoms with van der Waals surface area (Å²) in [6.45, 7) is 4.00. The average Bonchev–Trinajstić information content (AvgIpc) is 3.03. The molecule has 0 amide bonds. The number of fused-ring (bicyclic) bond motifs is 1. The molecule has 1 unspecified atom stereocenters. The number of aryl methyl sites for hydroxylation is 1. The summed E-state index contributed by atoms with van der Waals surface area (Å²) < 4.78 is 11.3. The van der Waals surface area contributed by atoms with E-state index in [0.717, 1.165) is 11.0 Å². The molecular weight excluding hydrogens is 242 g/mol. The number of aromatic nitrogens is 2. The minimum absolute atomic E-state index is 0.0212. The van der Waals surface area contributed by atoms with Crippen LogP contribution in [0.3, 0.4) is 0 Å². The van der Waals surface area contributed by atoms with Gasteiger partial charge in [-0.3, -0.25) is 0 Å². The van der Waals surface area contributed by atoms with Crippen molar-refractivity contribution in [2.24, 2.45) is 0 Å². The van der Waals surface area contributed by atoms with Gasteiger partial charge in [0, 0.05) is 5.39 Å². The van der Waals surface area contributed by atoms with Crippen molar-refractivity contribution >= 4 is 11.0 Å². The number of nitrogens with one attached hydrogen (secondary N) is 1. The summed E-state index contributed by atoms with van der Waals surface area (Å²) >= 11 is 0. The van der Waals surface area contributed by atoms with Crippen molar-refractivity contribution in [1.29, 1.82) is 0 Å². The summed E-state index contributed by atoms with van der Waals surface area (Å²) in [4.78, 5) is 0. The predicted molar refractivity (Wildman–Crippen MR) is 71.7 cm³/mol. The summed E-state index contributed by atoms with van der Waals surface area (Å²) in [6, 6.07) is 7.96. The summed E-state index contributed by atoms with van der Waals surface area (Å²) in [6.07, 6.45) is 0. The Balaban J connectivity index is 2.01. The largest absolute Gasteiger partial charge is 0.451 e. The van der Waals surface area contributed by atoms with Gasteiger partial charge < -0.3 is 14.2 Å². The van der Waals surface area contributed by atoms with E-state index in [4.69, 9.17) is 8.83 Å². The highest BCUT2D eigenvalue weighted by molar-refractivity contribution is 5.82. The fourth-order valence-corrected chi connectivity index (χ4v) is 1.90. The molecule has 2 aromatic heterocycles. The normalized spacial score (nSPS) is 13.0. The van der Waals surface area contributed by atoms with Gasteiger partial charge in [0.25, 0.3) is 5.89 Å². The molecule has 1 aromatic carbocycles. The van der Waals surface area contributed by atoms with Crippen LogP contribution < -0.4 is 5.32 Å². The Morgan fingerprint density at radius 2 is 2.00 bits per heavy atom. The number of nitrogens with zero attached hydrogens (tertiary/aromatic N) is 2. The van der Waals surface area contributed by atoms with Gasteiger partial charge in [-0.05, 0) is 39.1 Å². The molecular formula is C14H15N3O2. The highest BCUT2D eigenvalue weighted by atomic mass is 16.4. The molecule has 0 saturated heterocycles. The number of furan rings is 1. The topological polar surface area (TPSA) is 64.1 Å². The zero-order valence-corrected chi connectivity index (χ0v) is 11.1. The molecule has 3 aromatic rings. The van der Waals surface area contributed by atoms with Crippen LogP contribution in [0.1, 0.15) is 24.4 Å². The van der Waals surface area contributed by atoms with Gasteiger partial charge in [0.05, 0.1) is 6.04 Å². The zero-order chi connectivity index (χ0) is 13.4. The van der Waals surface area contributed by atoms with E-state index in [2.05, 4.69) is 21.6 Å². The zero-order valence-electron chi connectivity index (χ0n) is 11.1. The van der Waals surface area contributed by atoms with Gasteiger partial charge in [-0.2, -0.15) is 0 Å². The molecule has 5 heteroatoms. The van der Waals surface area contributed by atoms with Crippen LogP contribution in [-0.2, 0) is 0 Å². The van der Waals surface area contributed by atoms with Crippen LogP contribution in [0.5, 0.6) is 0 Å². The van der Waals surface area contributed by atoms with Crippen LogP contribution in [0.15, 0.2) is 33.1 Å². The molecule has 0 fully saturated rings. The molecule has 0 spiro atoms. The van der Waals surface area contributed by atoms with Gasteiger partial charge in [0.1, 0.15) is 5.58 Å². The fourth-order valence-electron chi connectivity index (χ4n) is 1.90. The monoisotopic (exact) mass is 257 g/mol. The molecule has 1 N–H and O–H groups in total. The highest BCUT2D eigenvalue weighted by Gasteiger charge is 2.16. The van der Waals surface area contributed by atoms with Crippen molar-refractivity contribution in [3.05, 3.63) is 35.7 Å².